The topological polar surface area (TPSA) is 83.4 Å². The number of rotatable bonds is 6. The van der Waals surface area contributed by atoms with Crippen molar-refractivity contribution in [3.8, 4) is 17.2 Å². The second-order valence-electron chi connectivity index (χ2n) is 6.84. The molecule has 0 aromatic heterocycles. The van der Waals surface area contributed by atoms with Crippen molar-refractivity contribution in [3.05, 3.63) is 94.1 Å². The molecule has 0 fully saturated rings. The SMILES string of the molecule is COc1ccc(C2=N/C(=C/c3ccc(OC(=O)c4ccccc4Cl)c(OC)c3)C(=O)O2)cc1. The molecule has 1 aliphatic rings. The Labute approximate surface area is 194 Å². The molecule has 0 unspecified atom stereocenters. The van der Waals surface area contributed by atoms with Gasteiger partial charge in [-0.2, -0.15) is 0 Å². The minimum atomic E-state index is -0.613. The molecule has 1 aliphatic heterocycles. The molecule has 0 amide bonds. The average molecular weight is 464 g/mol. The Kier molecular flexibility index (Phi) is 6.42. The van der Waals surface area contributed by atoms with Crippen LogP contribution in [0.3, 0.4) is 0 Å². The molecule has 0 spiro atoms. The van der Waals surface area contributed by atoms with E-state index in [1.165, 1.54) is 7.11 Å². The highest BCUT2D eigenvalue weighted by Gasteiger charge is 2.24. The zero-order valence-corrected chi connectivity index (χ0v) is 18.5. The number of carbonyl (C=O) groups excluding carboxylic acids is 2. The van der Waals surface area contributed by atoms with Crippen molar-refractivity contribution in [3.63, 3.8) is 0 Å². The van der Waals surface area contributed by atoms with Crippen LogP contribution in [0.2, 0.25) is 5.02 Å². The number of nitrogens with zero attached hydrogens (tertiary/aromatic N) is 1. The van der Waals surface area contributed by atoms with Gasteiger partial charge in [0.25, 0.3) is 0 Å². The van der Waals surface area contributed by atoms with Crippen LogP contribution in [0.25, 0.3) is 6.08 Å². The van der Waals surface area contributed by atoms with E-state index in [0.29, 0.717) is 22.6 Å². The third-order valence-electron chi connectivity index (χ3n) is 4.74. The van der Waals surface area contributed by atoms with Gasteiger partial charge in [-0.25, -0.2) is 14.6 Å². The minimum Gasteiger partial charge on any atom is -0.497 e. The van der Waals surface area contributed by atoms with E-state index >= 15 is 0 Å². The van der Waals surface area contributed by atoms with Crippen molar-refractivity contribution in [1.82, 2.24) is 0 Å². The van der Waals surface area contributed by atoms with Crippen molar-refractivity contribution in [2.24, 2.45) is 4.99 Å². The minimum absolute atomic E-state index is 0.128. The largest absolute Gasteiger partial charge is 0.497 e. The van der Waals surface area contributed by atoms with Crippen LogP contribution >= 0.6 is 11.6 Å². The Balaban J connectivity index is 1.57. The van der Waals surface area contributed by atoms with Gasteiger partial charge in [-0.1, -0.05) is 29.8 Å². The van der Waals surface area contributed by atoms with Gasteiger partial charge in [0.15, 0.2) is 17.2 Å². The predicted molar refractivity (Wildman–Crippen MR) is 123 cm³/mol. The molecular weight excluding hydrogens is 446 g/mol. The summed E-state index contributed by atoms with van der Waals surface area (Å²) in [4.78, 5) is 29.0. The van der Waals surface area contributed by atoms with Crippen LogP contribution < -0.4 is 14.2 Å². The van der Waals surface area contributed by atoms with E-state index in [1.807, 2.05) is 0 Å². The third-order valence-corrected chi connectivity index (χ3v) is 5.07. The second-order valence-corrected chi connectivity index (χ2v) is 7.25. The standard InChI is InChI=1S/C25H18ClNO6/c1-30-17-10-8-16(9-11-17)23-27-20(25(29)33-23)13-15-7-12-21(22(14-15)31-2)32-24(28)18-5-3-4-6-19(18)26/h3-14H,1-2H3/b20-13+. The Hall–Kier alpha value is -4.10. The first-order valence-electron chi connectivity index (χ1n) is 9.80. The Morgan fingerprint density at radius 1 is 0.970 bits per heavy atom. The predicted octanol–water partition coefficient (Wildman–Crippen LogP) is 4.92. The number of halogens is 1. The molecular formula is C25H18ClNO6. The van der Waals surface area contributed by atoms with Crippen LogP contribution in [-0.2, 0) is 9.53 Å². The van der Waals surface area contributed by atoms with Crippen LogP contribution in [0, 0.1) is 0 Å². The Morgan fingerprint density at radius 2 is 1.73 bits per heavy atom. The molecule has 166 valence electrons. The number of hydrogen-bond donors (Lipinski definition) is 0. The maximum Gasteiger partial charge on any atom is 0.363 e. The fourth-order valence-electron chi connectivity index (χ4n) is 3.06. The molecule has 7 nitrogen and oxygen atoms in total. The number of carbonyl (C=O) groups is 2. The van der Waals surface area contributed by atoms with Gasteiger partial charge in [0.05, 0.1) is 24.8 Å². The first-order chi connectivity index (χ1) is 16.0. The molecule has 0 saturated carbocycles. The quantitative estimate of drug-likeness (QED) is 0.293. The number of benzene rings is 3. The molecule has 0 N–H and O–H groups in total. The van der Waals surface area contributed by atoms with Gasteiger partial charge in [0.1, 0.15) is 5.75 Å². The van der Waals surface area contributed by atoms with Gasteiger partial charge >= 0.3 is 11.9 Å². The van der Waals surface area contributed by atoms with Crippen molar-refractivity contribution in [2.45, 2.75) is 0 Å². The van der Waals surface area contributed by atoms with Gasteiger partial charge in [-0.3, -0.25) is 0 Å². The molecule has 0 bridgehead atoms. The van der Waals surface area contributed by atoms with Gasteiger partial charge in [0.2, 0.25) is 5.90 Å². The summed E-state index contributed by atoms with van der Waals surface area (Å²) in [6.07, 6.45) is 1.56. The number of methoxy groups -OCH3 is 2. The zero-order chi connectivity index (χ0) is 23.4. The van der Waals surface area contributed by atoms with Crippen LogP contribution in [0.5, 0.6) is 17.2 Å². The van der Waals surface area contributed by atoms with E-state index in [9.17, 15) is 9.59 Å². The lowest BCUT2D eigenvalue weighted by Gasteiger charge is -2.10. The summed E-state index contributed by atoms with van der Waals surface area (Å²) in [5, 5.41) is 0.285. The van der Waals surface area contributed by atoms with Gasteiger partial charge < -0.3 is 18.9 Å². The van der Waals surface area contributed by atoms with E-state index < -0.39 is 11.9 Å². The molecule has 0 radical (unpaired) electrons. The lowest BCUT2D eigenvalue weighted by atomic mass is 10.1. The fraction of sp³-hybridized carbons (Fsp3) is 0.0800. The van der Waals surface area contributed by atoms with E-state index in [-0.39, 0.29) is 27.9 Å². The second kappa shape index (κ2) is 9.58. The van der Waals surface area contributed by atoms with E-state index in [2.05, 4.69) is 4.99 Å². The summed E-state index contributed by atoms with van der Waals surface area (Å²) in [6.45, 7) is 0. The summed E-state index contributed by atoms with van der Waals surface area (Å²) in [5.74, 6) is 0.205. The first kappa shape index (κ1) is 22.1. The normalized spacial score (nSPS) is 14.0. The Morgan fingerprint density at radius 3 is 2.42 bits per heavy atom. The molecule has 8 heteroatoms. The molecule has 3 aromatic rings. The highest BCUT2D eigenvalue weighted by atomic mass is 35.5. The molecule has 1 heterocycles. The summed E-state index contributed by atoms with van der Waals surface area (Å²) in [5.41, 5.74) is 1.62. The van der Waals surface area contributed by atoms with E-state index in [1.54, 1.807) is 79.9 Å². The molecule has 0 aliphatic carbocycles. The lowest BCUT2D eigenvalue weighted by molar-refractivity contribution is -0.129. The average Bonchev–Trinajstić information content (AvgIpc) is 3.20. The molecule has 0 atom stereocenters. The Bertz CT molecular complexity index is 1280. The van der Waals surface area contributed by atoms with Crippen molar-refractivity contribution < 1.29 is 28.5 Å². The summed E-state index contributed by atoms with van der Waals surface area (Å²) >= 11 is 6.06. The number of esters is 2. The van der Waals surface area contributed by atoms with Crippen molar-refractivity contribution >= 4 is 35.5 Å². The maximum atomic E-state index is 12.5. The lowest BCUT2D eigenvalue weighted by Crippen LogP contribution is -2.09. The number of aliphatic imine (C=N–C) groups is 1. The van der Waals surface area contributed by atoms with E-state index in [4.69, 9.17) is 30.5 Å². The highest BCUT2D eigenvalue weighted by Crippen LogP contribution is 2.31. The van der Waals surface area contributed by atoms with E-state index in [0.717, 1.165) is 0 Å². The zero-order valence-electron chi connectivity index (χ0n) is 17.7. The molecule has 3 aromatic carbocycles. The van der Waals surface area contributed by atoms with Gasteiger partial charge in [-0.05, 0) is 60.2 Å². The summed E-state index contributed by atoms with van der Waals surface area (Å²) in [7, 11) is 3.02. The van der Waals surface area contributed by atoms with Crippen molar-refractivity contribution in [2.75, 3.05) is 14.2 Å². The smallest absolute Gasteiger partial charge is 0.363 e. The molecule has 0 saturated heterocycles. The summed E-state index contributed by atoms with van der Waals surface area (Å²) in [6, 6.07) is 18.4. The van der Waals surface area contributed by atoms with Crippen LogP contribution in [0.15, 0.2) is 77.4 Å². The number of ether oxygens (including phenoxy) is 4. The molecule has 4 rings (SSSR count). The number of hydrogen-bond acceptors (Lipinski definition) is 7. The van der Waals surface area contributed by atoms with Crippen LogP contribution in [0.1, 0.15) is 21.5 Å². The summed E-state index contributed by atoms with van der Waals surface area (Å²) < 4.78 is 21.2. The first-order valence-corrected chi connectivity index (χ1v) is 10.2. The highest BCUT2D eigenvalue weighted by molar-refractivity contribution is 6.33. The fourth-order valence-corrected chi connectivity index (χ4v) is 3.28. The van der Waals surface area contributed by atoms with Crippen LogP contribution in [-0.4, -0.2) is 32.1 Å². The monoisotopic (exact) mass is 463 g/mol. The third kappa shape index (κ3) is 4.88. The van der Waals surface area contributed by atoms with Crippen LogP contribution in [0.4, 0.5) is 0 Å². The number of cyclic esters (lactones) is 1. The maximum absolute atomic E-state index is 12.5. The van der Waals surface area contributed by atoms with Gasteiger partial charge in [-0.15, -0.1) is 0 Å². The van der Waals surface area contributed by atoms with Gasteiger partial charge in [0, 0.05) is 5.56 Å². The van der Waals surface area contributed by atoms with Crippen molar-refractivity contribution in [1.29, 1.82) is 0 Å². The molecule has 33 heavy (non-hydrogen) atoms.